The number of carbonyl (C=O) groups is 1. The van der Waals surface area contributed by atoms with E-state index in [1.54, 1.807) is 7.11 Å². The highest BCUT2D eigenvalue weighted by Gasteiger charge is 2.46. The standard InChI is InChI=1S/C22H34N2O2/c1-17-7-8-19(11-18(17)2)13-24-14-20(12-23-21(25)15-26-3)22(16-24)9-5-4-6-10-22/h7-8,11,20H,4-6,9-10,12-16H2,1-3H3,(H,23,25). The van der Waals surface area contributed by atoms with E-state index in [0.717, 1.165) is 19.6 Å². The van der Waals surface area contributed by atoms with E-state index in [1.807, 2.05) is 0 Å². The van der Waals surface area contributed by atoms with Gasteiger partial charge in [0.15, 0.2) is 0 Å². The molecular weight excluding hydrogens is 324 g/mol. The number of likely N-dealkylation sites (tertiary alicyclic amines) is 1. The molecule has 4 nitrogen and oxygen atoms in total. The second kappa shape index (κ2) is 8.53. The molecule has 1 aromatic carbocycles. The number of carbonyl (C=O) groups excluding carboxylic acids is 1. The predicted molar refractivity (Wildman–Crippen MR) is 105 cm³/mol. The van der Waals surface area contributed by atoms with Crippen molar-refractivity contribution < 1.29 is 9.53 Å². The van der Waals surface area contributed by atoms with Crippen LogP contribution in [0.5, 0.6) is 0 Å². The monoisotopic (exact) mass is 358 g/mol. The number of hydrogen-bond donors (Lipinski definition) is 1. The van der Waals surface area contributed by atoms with Gasteiger partial charge in [-0.2, -0.15) is 0 Å². The zero-order valence-corrected chi connectivity index (χ0v) is 16.6. The lowest BCUT2D eigenvalue weighted by Gasteiger charge is -2.38. The summed E-state index contributed by atoms with van der Waals surface area (Å²) in [6, 6.07) is 6.83. The predicted octanol–water partition coefficient (Wildman–Crippen LogP) is 3.45. The number of nitrogens with one attached hydrogen (secondary N) is 1. The van der Waals surface area contributed by atoms with Gasteiger partial charge in [-0.25, -0.2) is 0 Å². The second-order valence-corrected chi connectivity index (χ2v) is 8.45. The third-order valence-electron chi connectivity index (χ3n) is 6.53. The van der Waals surface area contributed by atoms with E-state index >= 15 is 0 Å². The van der Waals surface area contributed by atoms with Crippen LogP contribution in [0.3, 0.4) is 0 Å². The smallest absolute Gasteiger partial charge is 0.245 e. The van der Waals surface area contributed by atoms with Gasteiger partial charge in [0.25, 0.3) is 0 Å². The third-order valence-corrected chi connectivity index (χ3v) is 6.53. The first-order valence-electron chi connectivity index (χ1n) is 10.1. The number of ether oxygens (including phenoxy) is 1. The number of hydrogen-bond acceptors (Lipinski definition) is 3. The van der Waals surface area contributed by atoms with E-state index in [1.165, 1.54) is 55.3 Å². The van der Waals surface area contributed by atoms with Crippen molar-refractivity contribution in [1.29, 1.82) is 0 Å². The summed E-state index contributed by atoms with van der Waals surface area (Å²) >= 11 is 0. The summed E-state index contributed by atoms with van der Waals surface area (Å²) in [4.78, 5) is 14.5. The Hall–Kier alpha value is -1.39. The SMILES string of the molecule is COCC(=O)NCC1CN(Cc2ccc(C)c(C)c2)CC12CCCCC2. The van der Waals surface area contributed by atoms with Gasteiger partial charge in [-0.05, 0) is 54.7 Å². The number of aryl methyl sites for hydroxylation is 2. The van der Waals surface area contributed by atoms with E-state index in [4.69, 9.17) is 4.74 Å². The first kappa shape index (κ1) is 19.4. The highest BCUT2D eigenvalue weighted by molar-refractivity contribution is 5.77. The van der Waals surface area contributed by atoms with Crippen LogP contribution in [0.25, 0.3) is 0 Å². The van der Waals surface area contributed by atoms with Crippen LogP contribution in [0.2, 0.25) is 0 Å². The van der Waals surface area contributed by atoms with Gasteiger partial charge >= 0.3 is 0 Å². The molecule has 2 fully saturated rings. The van der Waals surface area contributed by atoms with Crippen molar-refractivity contribution >= 4 is 5.91 Å². The number of rotatable bonds is 6. The van der Waals surface area contributed by atoms with Crippen molar-refractivity contribution in [2.45, 2.75) is 52.5 Å². The van der Waals surface area contributed by atoms with Crippen LogP contribution in [-0.2, 0) is 16.1 Å². The average molecular weight is 359 g/mol. The highest BCUT2D eigenvalue weighted by Crippen LogP contribution is 2.47. The van der Waals surface area contributed by atoms with Crippen LogP contribution >= 0.6 is 0 Å². The van der Waals surface area contributed by atoms with Crippen molar-refractivity contribution in [2.75, 3.05) is 33.4 Å². The van der Waals surface area contributed by atoms with Crippen LogP contribution in [0.4, 0.5) is 0 Å². The van der Waals surface area contributed by atoms with Crippen LogP contribution in [0, 0.1) is 25.2 Å². The first-order valence-corrected chi connectivity index (χ1v) is 10.1. The van der Waals surface area contributed by atoms with Gasteiger partial charge < -0.3 is 10.1 Å². The van der Waals surface area contributed by atoms with Gasteiger partial charge in [0.2, 0.25) is 5.91 Å². The fraction of sp³-hybridized carbons (Fsp3) is 0.682. The highest BCUT2D eigenvalue weighted by atomic mass is 16.5. The molecular formula is C22H34N2O2. The Bertz CT molecular complexity index is 623. The summed E-state index contributed by atoms with van der Waals surface area (Å²) in [7, 11) is 1.57. The summed E-state index contributed by atoms with van der Waals surface area (Å²) in [5.41, 5.74) is 4.52. The quantitative estimate of drug-likeness (QED) is 0.847. The molecule has 1 unspecified atom stereocenters. The van der Waals surface area contributed by atoms with Gasteiger partial charge in [-0.1, -0.05) is 37.5 Å². The third kappa shape index (κ3) is 4.47. The lowest BCUT2D eigenvalue weighted by molar-refractivity contribution is -0.125. The molecule has 1 aliphatic carbocycles. The molecule has 1 saturated heterocycles. The molecule has 4 heteroatoms. The lowest BCUT2D eigenvalue weighted by Crippen LogP contribution is -2.40. The molecule has 1 spiro atoms. The molecule has 1 atom stereocenters. The summed E-state index contributed by atoms with van der Waals surface area (Å²) in [5.74, 6) is 0.557. The van der Waals surface area contributed by atoms with E-state index in [-0.39, 0.29) is 12.5 Å². The Balaban J connectivity index is 1.67. The van der Waals surface area contributed by atoms with Crippen LogP contribution in [0.1, 0.15) is 48.8 Å². The molecule has 1 saturated carbocycles. The normalized spacial score (nSPS) is 22.7. The zero-order chi connectivity index (χ0) is 18.6. The van der Waals surface area contributed by atoms with E-state index < -0.39 is 0 Å². The Morgan fingerprint density at radius 2 is 2.00 bits per heavy atom. The zero-order valence-electron chi connectivity index (χ0n) is 16.6. The van der Waals surface area contributed by atoms with Gasteiger partial charge in [-0.15, -0.1) is 0 Å². The van der Waals surface area contributed by atoms with Gasteiger partial charge in [-0.3, -0.25) is 9.69 Å². The van der Waals surface area contributed by atoms with Crippen molar-refractivity contribution in [3.8, 4) is 0 Å². The molecule has 0 bridgehead atoms. The molecule has 144 valence electrons. The Labute approximate surface area is 158 Å². The minimum absolute atomic E-state index is 0.00562. The topological polar surface area (TPSA) is 41.6 Å². The van der Waals surface area contributed by atoms with Gasteiger partial charge in [0.1, 0.15) is 6.61 Å². The number of nitrogens with zero attached hydrogens (tertiary/aromatic N) is 1. The summed E-state index contributed by atoms with van der Waals surface area (Å²) in [5, 5.41) is 3.11. The van der Waals surface area contributed by atoms with Crippen LogP contribution in [-0.4, -0.2) is 44.2 Å². The summed E-state index contributed by atoms with van der Waals surface area (Å²) in [6.07, 6.45) is 6.64. The van der Waals surface area contributed by atoms with Gasteiger partial charge in [0.05, 0.1) is 0 Å². The molecule has 1 heterocycles. The van der Waals surface area contributed by atoms with Gasteiger partial charge in [0, 0.05) is 33.3 Å². The Morgan fingerprint density at radius 3 is 2.69 bits per heavy atom. The molecule has 1 aromatic rings. The molecule has 1 aliphatic heterocycles. The summed E-state index contributed by atoms with van der Waals surface area (Å²) in [6.45, 7) is 8.58. The largest absolute Gasteiger partial charge is 0.375 e. The van der Waals surface area contributed by atoms with E-state index in [0.29, 0.717) is 11.3 Å². The second-order valence-electron chi connectivity index (χ2n) is 8.45. The molecule has 0 radical (unpaired) electrons. The summed E-state index contributed by atoms with van der Waals surface area (Å²) < 4.78 is 4.95. The molecule has 1 amide bonds. The van der Waals surface area contributed by atoms with Crippen molar-refractivity contribution in [3.63, 3.8) is 0 Å². The van der Waals surface area contributed by atoms with Crippen molar-refractivity contribution in [1.82, 2.24) is 10.2 Å². The Kier molecular flexibility index (Phi) is 6.36. The molecule has 0 aromatic heterocycles. The minimum atomic E-state index is 0.00562. The molecule has 3 rings (SSSR count). The fourth-order valence-corrected chi connectivity index (χ4v) is 4.95. The Morgan fingerprint density at radius 1 is 1.23 bits per heavy atom. The maximum atomic E-state index is 11.9. The van der Waals surface area contributed by atoms with Crippen LogP contribution < -0.4 is 5.32 Å². The van der Waals surface area contributed by atoms with Crippen molar-refractivity contribution in [2.24, 2.45) is 11.3 Å². The van der Waals surface area contributed by atoms with Crippen LogP contribution in [0.15, 0.2) is 18.2 Å². The number of amides is 1. The van der Waals surface area contributed by atoms with E-state index in [2.05, 4.69) is 42.3 Å². The molecule has 26 heavy (non-hydrogen) atoms. The maximum absolute atomic E-state index is 11.9. The molecule has 2 aliphatic rings. The fourth-order valence-electron chi connectivity index (χ4n) is 4.95. The number of benzene rings is 1. The van der Waals surface area contributed by atoms with E-state index in [9.17, 15) is 4.79 Å². The molecule has 1 N–H and O–H groups in total. The maximum Gasteiger partial charge on any atom is 0.245 e. The number of methoxy groups -OCH3 is 1. The average Bonchev–Trinajstić information content (AvgIpc) is 2.94. The minimum Gasteiger partial charge on any atom is -0.375 e. The first-order chi connectivity index (χ1) is 12.5. The lowest BCUT2D eigenvalue weighted by atomic mass is 9.67. The van der Waals surface area contributed by atoms with Crippen molar-refractivity contribution in [3.05, 3.63) is 34.9 Å².